The zero-order valence-corrected chi connectivity index (χ0v) is 11.0. The Bertz CT molecular complexity index is 861. The zero-order chi connectivity index (χ0) is 14.8. The normalized spacial score (nSPS) is 10.3. The second-order valence-corrected chi connectivity index (χ2v) is 4.16. The minimum absolute atomic E-state index is 0.0499. The third kappa shape index (κ3) is 2.19. The summed E-state index contributed by atoms with van der Waals surface area (Å²) in [6, 6.07) is 10.8. The maximum absolute atomic E-state index is 11.5. The van der Waals surface area contributed by atoms with Gasteiger partial charge in [-0.25, -0.2) is 9.78 Å². The molecule has 0 bridgehead atoms. The second-order valence-electron chi connectivity index (χ2n) is 4.16. The number of nitrogens with zero attached hydrogens (tertiary/aromatic N) is 5. The maximum atomic E-state index is 11.5. The Morgan fingerprint density at radius 3 is 2.71 bits per heavy atom. The van der Waals surface area contributed by atoms with Crippen LogP contribution in [0.4, 0.5) is 0 Å². The van der Waals surface area contributed by atoms with Crippen LogP contribution < -0.4 is 0 Å². The summed E-state index contributed by atoms with van der Waals surface area (Å²) in [5.74, 6) is -0.366. The molecule has 0 radical (unpaired) electrons. The molecule has 1 aromatic carbocycles. The first-order chi connectivity index (χ1) is 10.2. The van der Waals surface area contributed by atoms with E-state index in [0.29, 0.717) is 17.0 Å². The highest BCUT2D eigenvalue weighted by molar-refractivity contribution is 5.85. The van der Waals surface area contributed by atoms with E-state index in [1.54, 1.807) is 36.5 Å². The predicted octanol–water partition coefficient (Wildman–Crippen LogP) is 1.45. The fourth-order valence-electron chi connectivity index (χ4n) is 1.91. The number of ether oxygens (including phenoxy) is 1. The summed E-state index contributed by atoms with van der Waals surface area (Å²) < 4.78 is 6.07. The SMILES string of the molecule is COC(=O)c1nc2nccc(-c3ccc(C#N)cc3)n2n1. The minimum Gasteiger partial charge on any atom is -0.463 e. The molecule has 0 atom stereocenters. The number of hydrogen-bond acceptors (Lipinski definition) is 6. The third-order valence-corrected chi connectivity index (χ3v) is 2.92. The van der Waals surface area contributed by atoms with Crippen molar-refractivity contribution in [2.24, 2.45) is 0 Å². The summed E-state index contributed by atoms with van der Waals surface area (Å²) in [6.45, 7) is 0. The van der Waals surface area contributed by atoms with Crippen LogP contribution in [0.1, 0.15) is 16.2 Å². The average molecular weight is 279 g/mol. The summed E-state index contributed by atoms with van der Waals surface area (Å²) >= 11 is 0. The molecule has 7 heteroatoms. The van der Waals surface area contributed by atoms with Crippen molar-refractivity contribution in [3.05, 3.63) is 47.9 Å². The Morgan fingerprint density at radius 2 is 2.05 bits per heavy atom. The van der Waals surface area contributed by atoms with E-state index in [1.807, 2.05) is 0 Å². The maximum Gasteiger partial charge on any atom is 0.378 e. The quantitative estimate of drug-likeness (QED) is 0.659. The Hall–Kier alpha value is -3.27. The van der Waals surface area contributed by atoms with Crippen LogP contribution >= 0.6 is 0 Å². The van der Waals surface area contributed by atoms with Gasteiger partial charge in [0.1, 0.15) is 0 Å². The molecule has 0 N–H and O–H groups in total. The van der Waals surface area contributed by atoms with Gasteiger partial charge in [-0.15, -0.1) is 5.10 Å². The van der Waals surface area contributed by atoms with Gasteiger partial charge in [0.15, 0.2) is 0 Å². The van der Waals surface area contributed by atoms with E-state index in [9.17, 15) is 4.79 Å². The van der Waals surface area contributed by atoms with Gasteiger partial charge in [-0.3, -0.25) is 0 Å². The molecule has 0 spiro atoms. The molecular formula is C14H9N5O2. The number of fused-ring (bicyclic) bond motifs is 1. The van der Waals surface area contributed by atoms with Crippen LogP contribution in [0.25, 0.3) is 17.0 Å². The van der Waals surface area contributed by atoms with Gasteiger partial charge in [-0.2, -0.15) is 14.8 Å². The fraction of sp³-hybridized carbons (Fsp3) is 0.0714. The zero-order valence-electron chi connectivity index (χ0n) is 11.0. The molecule has 21 heavy (non-hydrogen) atoms. The van der Waals surface area contributed by atoms with Crippen molar-refractivity contribution in [2.45, 2.75) is 0 Å². The second kappa shape index (κ2) is 5.02. The van der Waals surface area contributed by atoms with Crippen LogP contribution in [-0.4, -0.2) is 32.7 Å². The lowest BCUT2D eigenvalue weighted by Crippen LogP contribution is -2.04. The molecule has 0 unspecified atom stereocenters. The smallest absolute Gasteiger partial charge is 0.378 e. The molecule has 7 nitrogen and oxygen atoms in total. The third-order valence-electron chi connectivity index (χ3n) is 2.92. The van der Waals surface area contributed by atoms with Crippen LogP contribution in [0.2, 0.25) is 0 Å². The molecule has 0 aliphatic carbocycles. The summed E-state index contributed by atoms with van der Waals surface area (Å²) in [5, 5.41) is 12.9. The summed E-state index contributed by atoms with van der Waals surface area (Å²) in [6.07, 6.45) is 1.58. The van der Waals surface area contributed by atoms with Crippen molar-refractivity contribution in [1.29, 1.82) is 5.26 Å². The molecular weight excluding hydrogens is 270 g/mol. The van der Waals surface area contributed by atoms with Crippen LogP contribution in [0, 0.1) is 11.3 Å². The number of benzene rings is 1. The van der Waals surface area contributed by atoms with Crippen LogP contribution in [-0.2, 0) is 4.74 Å². The average Bonchev–Trinajstić information content (AvgIpc) is 2.98. The largest absolute Gasteiger partial charge is 0.463 e. The van der Waals surface area contributed by atoms with Crippen molar-refractivity contribution >= 4 is 11.7 Å². The number of methoxy groups -OCH3 is 1. The van der Waals surface area contributed by atoms with E-state index >= 15 is 0 Å². The Labute approximate surface area is 119 Å². The summed E-state index contributed by atoms with van der Waals surface area (Å²) in [5.41, 5.74) is 2.12. The summed E-state index contributed by atoms with van der Waals surface area (Å²) in [4.78, 5) is 19.6. The van der Waals surface area contributed by atoms with Crippen molar-refractivity contribution < 1.29 is 9.53 Å². The molecule has 3 rings (SSSR count). The topological polar surface area (TPSA) is 93.2 Å². The van der Waals surface area contributed by atoms with Crippen LogP contribution in [0.15, 0.2) is 36.5 Å². The molecule has 0 saturated heterocycles. The van der Waals surface area contributed by atoms with Gasteiger partial charge in [-0.1, -0.05) is 12.1 Å². The van der Waals surface area contributed by atoms with E-state index < -0.39 is 5.97 Å². The number of carbonyl (C=O) groups excluding carboxylic acids is 1. The molecule has 102 valence electrons. The Morgan fingerprint density at radius 1 is 1.29 bits per heavy atom. The molecule has 0 saturated carbocycles. The number of carbonyl (C=O) groups is 1. The number of aromatic nitrogens is 4. The molecule has 2 heterocycles. The van der Waals surface area contributed by atoms with Gasteiger partial charge < -0.3 is 4.74 Å². The Kier molecular flexibility index (Phi) is 3.04. The lowest BCUT2D eigenvalue weighted by molar-refractivity contribution is 0.0587. The van der Waals surface area contributed by atoms with Gasteiger partial charge in [0, 0.05) is 11.8 Å². The van der Waals surface area contributed by atoms with Crippen molar-refractivity contribution in [3.8, 4) is 17.3 Å². The van der Waals surface area contributed by atoms with Crippen LogP contribution in [0.5, 0.6) is 0 Å². The highest BCUT2D eigenvalue weighted by atomic mass is 16.5. The first-order valence-corrected chi connectivity index (χ1v) is 6.03. The van der Waals surface area contributed by atoms with E-state index in [0.717, 1.165) is 5.56 Å². The first-order valence-electron chi connectivity index (χ1n) is 6.03. The molecule has 0 aliphatic heterocycles. The van der Waals surface area contributed by atoms with Gasteiger partial charge in [-0.05, 0) is 18.2 Å². The number of nitriles is 1. The molecule has 0 aliphatic rings. The highest BCUT2D eigenvalue weighted by Crippen LogP contribution is 2.19. The summed E-state index contributed by atoms with van der Waals surface area (Å²) in [7, 11) is 1.27. The molecule has 0 amide bonds. The first kappa shape index (κ1) is 12.7. The standard InChI is InChI=1S/C14H9N5O2/c1-21-13(20)12-17-14-16-7-6-11(19(14)18-12)10-4-2-9(8-15)3-5-10/h2-7H,1H3. The van der Waals surface area contributed by atoms with E-state index in [1.165, 1.54) is 11.6 Å². The van der Waals surface area contributed by atoms with Gasteiger partial charge in [0.25, 0.3) is 11.6 Å². The molecule has 2 aromatic heterocycles. The van der Waals surface area contributed by atoms with Gasteiger partial charge >= 0.3 is 5.97 Å². The number of rotatable bonds is 2. The monoisotopic (exact) mass is 279 g/mol. The van der Waals surface area contributed by atoms with E-state index in [2.05, 4.69) is 25.9 Å². The number of esters is 1. The van der Waals surface area contributed by atoms with E-state index in [4.69, 9.17) is 5.26 Å². The predicted molar refractivity (Wildman–Crippen MR) is 72.3 cm³/mol. The highest BCUT2D eigenvalue weighted by Gasteiger charge is 2.15. The minimum atomic E-state index is -0.619. The van der Waals surface area contributed by atoms with Gasteiger partial charge in [0.05, 0.1) is 24.4 Å². The van der Waals surface area contributed by atoms with Crippen molar-refractivity contribution in [1.82, 2.24) is 19.6 Å². The Balaban J connectivity index is 2.15. The van der Waals surface area contributed by atoms with Crippen molar-refractivity contribution in [2.75, 3.05) is 7.11 Å². The van der Waals surface area contributed by atoms with Gasteiger partial charge in [0.2, 0.25) is 0 Å². The lowest BCUT2D eigenvalue weighted by atomic mass is 10.1. The van der Waals surface area contributed by atoms with E-state index in [-0.39, 0.29) is 5.82 Å². The number of hydrogen-bond donors (Lipinski definition) is 0. The lowest BCUT2D eigenvalue weighted by Gasteiger charge is -2.03. The molecule has 0 fully saturated rings. The fourth-order valence-corrected chi connectivity index (χ4v) is 1.91. The van der Waals surface area contributed by atoms with Crippen molar-refractivity contribution in [3.63, 3.8) is 0 Å². The molecule has 3 aromatic rings. The van der Waals surface area contributed by atoms with Crippen LogP contribution in [0.3, 0.4) is 0 Å².